The first-order valence-corrected chi connectivity index (χ1v) is 7.44. The lowest BCUT2D eigenvalue weighted by molar-refractivity contribution is 0.0374. The van der Waals surface area contributed by atoms with Crippen LogP contribution in [0.1, 0.15) is 18.9 Å². The molecular weight excluding hydrogens is 254 g/mol. The van der Waals surface area contributed by atoms with Crippen LogP contribution in [0.5, 0.6) is 11.5 Å². The van der Waals surface area contributed by atoms with E-state index in [4.69, 9.17) is 14.2 Å². The molecule has 0 N–H and O–H groups in total. The molecule has 0 bridgehead atoms. The van der Waals surface area contributed by atoms with Gasteiger partial charge in [0.1, 0.15) is 0 Å². The number of aryl methyl sites for hydroxylation is 1. The maximum atomic E-state index is 5.74. The number of para-hydroxylation sites is 1. The molecule has 4 nitrogen and oxygen atoms in total. The fourth-order valence-electron chi connectivity index (χ4n) is 2.54. The molecule has 0 aliphatic carbocycles. The molecule has 1 aromatic carbocycles. The van der Waals surface area contributed by atoms with E-state index in [1.807, 2.05) is 19.1 Å². The van der Waals surface area contributed by atoms with Gasteiger partial charge in [0.15, 0.2) is 11.5 Å². The van der Waals surface area contributed by atoms with E-state index in [0.29, 0.717) is 6.61 Å². The second-order valence-electron chi connectivity index (χ2n) is 4.94. The van der Waals surface area contributed by atoms with E-state index in [-0.39, 0.29) is 0 Å². The number of ether oxygens (including phenoxy) is 3. The molecule has 20 heavy (non-hydrogen) atoms. The Balaban J connectivity index is 1.90. The summed E-state index contributed by atoms with van der Waals surface area (Å²) in [5.74, 6) is 1.73. The lowest BCUT2D eigenvalue weighted by Gasteiger charge is -2.26. The Bertz CT molecular complexity index is 403. The number of hydrogen-bond donors (Lipinski definition) is 0. The van der Waals surface area contributed by atoms with Gasteiger partial charge in [-0.1, -0.05) is 12.1 Å². The number of hydrogen-bond acceptors (Lipinski definition) is 4. The standard InChI is InChI=1S/C16H25NO3/c1-3-20-16-14(6-4-8-15(16)18-2)7-5-9-17-10-12-19-13-11-17/h4,6,8H,3,5,7,9-13H2,1-2H3. The van der Waals surface area contributed by atoms with Crippen molar-refractivity contribution in [2.75, 3.05) is 46.6 Å². The van der Waals surface area contributed by atoms with Gasteiger partial charge in [-0.2, -0.15) is 0 Å². The van der Waals surface area contributed by atoms with E-state index in [9.17, 15) is 0 Å². The quantitative estimate of drug-likeness (QED) is 0.766. The number of methoxy groups -OCH3 is 1. The fraction of sp³-hybridized carbons (Fsp3) is 0.625. The minimum absolute atomic E-state index is 0.664. The number of rotatable bonds is 7. The Kier molecular flexibility index (Phi) is 6.15. The molecular formula is C16H25NO3. The minimum atomic E-state index is 0.664. The average Bonchev–Trinajstić information content (AvgIpc) is 2.50. The van der Waals surface area contributed by atoms with Crippen LogP contribution in [0.15, 0.2) is 18.2 Å². The molecule has 1 aliphatic rings. The fourth-order valence-corrected chi connectivity index (χ4v) is 2.54. The van der Waals surface area contributed by atoms with Crippen molar-refractivity contribution in [3.63, 3.8) is 0 Å². The molecule has 0 aromatic heterocycles. The molecule has 1 fully saturated rings. The van der Waals surface area contributed by atoms with E-state index >= 15 is 0 Å². The third-order valence-corrected chi connectivity index (χ3v) is 3.59. The van der Waals surface area contributed by atoms with Gasteiger partial charge in [0, 0.05) is 13.1 Å². The zero-order valence-corrected chi connectivity index (χ0v) is 12.6. The van der Waals surface area contributed by atoms with Crippen LogP contribution < -0.4 is 9.47 Å². The van der Waals surface area contributed by atoms with Crippen molar-refractivity contribution >= 4 is 0 Å². The Labute approximate surface area is 121 Å². The molecule has 0 amide bonds. The molecule has 0 radical (unpaired) electrons. The number of morpholine rings is 1. The van der Waals surface area contributed by atoms with Gasteiger partial charge in [-0.05, 0) is 37.9 Å². The summed E-state index contributed by atoms with van der Waals surface area (Å²) in [6.45, 7) is 7.62. The van der Waals surface area contributed by atoms with Gasteiger partial charge in [0.05, 0.1) is 26.9 Å². The van der Waals surface area contributed by atoms with Crippen molar-refractivity contribution in [3.05, 3.63) is 23.8 Å². The maximum absolute atomic E-state index is 5.74. The molecule has 0 unspecified atom stereocenters. The van der Waals surface area contributed by atoms with Crippen LogP contribution in [0, 0.1) is 0 Å². The van der Waals surface area contributed by atoms with Gasteiger partial charge in [-0.15, -0.1) is 0 Å². The first kappa shape index (κ1) is 15.1. The van der Waals surface area contributed by atoms with Crippen molar-refractivity contribution in [1.82, 2.24) is 4.90 Å². The van der Waals surface area contributed by atoms with Gasteiger partial charge in [-0.25, -0.2) is 0 Å². The Morgan fingerprint density at radius 2 is 2.05 bits per heavy atom. The van der Waals surface area contributed by atoms with Gasteiger partial charge in [0.25, 0.3) is 0 Å². The summed E-state index contributed by atoms with van der Waals surface area (Å²) in [5, 5.41) is 0. The molecule has 112 valence electrons. The molecule has 0 saturated carbocycles. The summed E-state index contributed by atoms with van der Waals surface area (Å²) in [6, 6.07) is 6.12. The smallest absolute Gasteiger partial charge is 0.164 e. The summed E-state index contributed by atoms with van der Waals surface area (Å²) in [6.07, 6.45) is 2.15. The molecule has 0 atom stereocenters. The Hall–Kier alpha value is -1.26. The largest absolute Gasteiger partial charge is 0.493 e. The van der Waals surface area contributed by atoms with Crippen LogP contribution in [0.2, 0.25) is 0 Å². The minimum Gasteiger partial charge on any atom is -0.493 e. The van der Waals surface area contributed by atoms with E-state index in [0.717, 1.165) is 57.2 Å². The van der Waals surface area contributed by atoms with Gasteiger partial charge in [-0.3, -0.25) is 4.90 Å². The van der Waals surface area contributed by atoms with Crippen LogP contribution in [0.25, 0.3) is 0 Å². The zero-order valence-electron chi connectivity index (χ0n) is 12.6. The molecule has 4 heteroatoms. The first-order chi connectivity index (χ1) is 9.85. The molecule has 1 saturated heterocycles. The summed E-state index contributed by atoms with van der Waals surface area (Å²) < 4.78 is 16.5. The van der Waals surface area contributed by atoms with Crippen LogP contribution in [-0.4, -0.2) is 51.5 Å². The monoisotopic (exact) mass is 279 g/mol. The highest BCUT2D eigenvalue weighted by molar-refractivity contribution is 5.46. The molecule has 1 heterocycles. The normalized spacial score (nSPS) is 16.1. The third kappa shape index (κ3) is 4.12. The average molecular weight is 279 g/mol. The predicted molar refractivity (Wildman–Crippen MR) is 79.7 cm³/mol. The van der Waals surface area contributed by atoms with E-state index in [2.05, 4.69) is 11.0 Å². The maximum Gasteiger partial charge on any atom is 0.164 e. The van der Waals surface area contributed by atoms with Gasteiger partial charge < -0.3 is 14.2 Å². The Morgan fingerprint density at radius 3 is 2.75 bits per heavy atom. The van der Waals surface area contributed by atoms with Crippen molar-refractivity contribution in [2.45, 2.75) is 19.8 Å². The van der Waals surface area contributed by atoms with Crippen LogP contribution in [-0.2, 0) is 11.2 Å². The second kappa shape index (κ2) is 8.12. The van der Waals surface area contributed by atoms with Crippen molar-refractivity contribution in [3.8, 4) is 11.5 Å². The predicted octanol–water partition coefficient (Wildman–Crippen LogP) is 2.36. The van der Waals surface area contributed by atoms with Crippen molar-refractivity contribution < 1.29 is 14.2 Å². The van der Waals surface area contributed by atoms with Gasteiger partial charge >= 0.3 is 0 Å². The SMILES string of the molecule is CCOc1c(CCCN2CCOCC2)cccc1OC. The Morgan fingerprint density at radius 1 is 1.25 bits per heavy atom. The van der Waals surface area contributed by atoms with Gasteiger partial charge in [0.2, 0.25) is 0 Å². The third-order valence-electron chi connectivity index (χ3n) is 3.59. The highest BCUT2D eigenvalue weighted by Gasteiger charge is 2.12. The second-order valence-corrected chi connectivity index (χ2v) is 4.94. The topological polar surface area (TPSA) is 30.9 Å². The molecule has 1 aliphatic heterocycles. The van der Waals surface area contributed by atoms with E-state index in [1.165, 1.54) is 5.56 Å². The van der Waals surface area contributed by atoms with E-state index < -0.39 is 0 Å². The van der Waals surface area contributed by atoms with Crippen molar-refractivity contribution in [1.29, 1.82) is 0 Å². The lowest BCUT2D eigenvalue weighted by Crippen LogP contribution is -2.36. The molecule has 1 aromatic rings. The van der Waals surface area contributed by atoms with Crippen LogP contribution >= 0.6 is 0 Å². The first-order valence-electron chi connectivity index (χ1n) is 7.44. The number of nitrogens with zero attached hydrogens (tertiary/aromatic N) is 1. The van der Waals surface area contributed by atoms with Crippen LogP contribution in [0.3, 0.4) is 0 Å². The summed E-state index contributed by atoms with van der Waals surface area (Å²) >= 11 is 0. The van der Waals surface area contributed by atoms with Crippen LogP contribution in [0.4, 0.5) is 0 Å². The highest BCUT2D eigenvalue weighted by Crippen LogP contribution is 2.31. The number of benzene rings is 1. The summed E-state index contributed by atoms with van der Waals surface area (Å²) in [5.41, 5.74) is 1.24. The highest BCUT2D eigenvalue weighted by atomic mass is 16.5. The molecule has 2 rings (SSSR count). The molecule has 0 spiro atoms. The van der Waals surface area contributed by atoms with E-state index in [1.54, 1.807) is 7.11 Å². The lowest BCUT2D eigenvalue weighted by atomic mass is 10.1. The summed E-state index contributed by atoms with van der Waals surface area (Å²) in [7, 11) is 1.69. The zero-order chi connectivity index (χ0) is 14.2. The summed E-state index contributed by atoms with van der Waals surface area (Å²) in [4.78, 5) is 2.46. The van der Waals surface area contributed by atoms with Crippen molar-refractivity contribution in [2.24, 2.45) is 0 Å².